The van der Waals surface area contributed by atoms with Gasteiger partial charge in [-0.1, -0.05) is 23.7 Å². The lowest BCUT2D eigenvalue weighted by atomic mass is 9.99. The number of rotatable bonds is 4. The van der Waals surface area contributed by atoms with E-state index in [1.165, 1.54) is 0 Å². The lowest BCUT2D eigenvalue weighted by molar-refractivity contribution is -0.224. The molecule has 0 amide bonds. The van der Waals surface area contributed by atoms with Gasteiger partial charge in [-0.2, -0.15) is 0 Å². The van der Waals surface area contributed by atoms with E-state index in [1.54, 1.807) is 0 Å². The van der Waals surface area contributed by atoms with Gasteiger partial charge >= 0.3 is 0 Å². The third-order valence-corrected chi connectivity index (χ3v) is 5.67. The highest BCUT2D eigenvalue weighted by molar-refractivity contribution is 5.27. The molecule has 0 aliphatic carbocycles. The van der Waals surface area contributed by atoms with Gasteiger partial charge in [0.1, 0.15) is 24.3 Å². The molecule has 28 heavy (non-hydrogen) atoms. The maximum absolute atomic E-state index is 12.9. The molecule has 3 fully saturated rings. The summed E-state index contributed by atoms with van der Waals surface area (Å²) in [5.74, 6) is 12.2. The Morgan fingerprint density at radius 3 is 1.71 bits per heavy atom. The van der Waals surface area contributed by atoms with E-state index in [2.05, 4.69) is 23.7 Å². The van der Waals surface area contributed by atoms with Gasteiger partial charge in [0.15, 0.2) is 12.6 Å². The van der Waals surface area contributed by atoms with Crippen molar-refractivity contribution in [1.29, 1.82) is 0 Å². The van der Waals surface area contributed by atoms with E-state index in [0.29, 0.717) is 12.8 Å². The van der Waals surface area contributed by atoms with E-state index in [0.717, 1.165) is 56.8 Å². The first-order chi connectivity index (χ1) is 13.5. The van der Waals surface area contributed by atoms with Gasteiger partial charge in [0.2, 0.25) is 0 Å². The zero-order valence-electron chi connectivity index (χ0n) is 17.1. The van der Waals surface area contributed by atoms with Gasteiger partial charge in [-0.05, 0) is 65.2 Å². The molecule has 155 valence electrons. The number of hydrogen-bond donors (Lipinski definition) is 0. The molecule has 0 spiro atoms. The maximum Gasteiger partial charge on any atom is 0.158 e. The lowest BCUT2D eigenvalue weighted by Crippen LogP contribution is -2.46. The first kappa shape index (κ1) is 21.6. The van der Waals surface area contributed by atoms with Crippen LogP contribution in [0.5, 0.6) is 0 Å². The molecule has 3 aliphatic rings. The molecule has 4 atom stereocenters. The monoisotopic (exact) mass is 390 g/mol. The Bertz CT molecular complexity index is 566. The molecule has 0 aromatic carbocycles. The van der Waals surface area contributed by atoms with Crippen LogP contribution >= 0.6 is 0 Å². The van der Waals surface area contributed by atoms with E-state index < -0.39 is 11.1 Å². The van der Waals surface area contributed by atoms with Crippen molar-refractivity contribution < 1.29 is 24.2 Å². The minimum atomic E-state index is -0.743. The van der Waals surface area contributed by atoms with Crippen molar-refractivity contribution in [2.24, 2.45) is 0 Å². The summed E-state index contributed by atoms with van der Waals surface area (Å²) in [5, 5.41) is 14.0. The molecule has 3 aliphatic heterocycles. The fourth-order valence-corrected chi connectivity index (χ4v) is 3.87. The van der Waals surface area contributed by atoms with E-state index in [9.17, 15) is 5.21 Å². The summed E-state index contributed by atoms with van der Waals surface area (Å²) in [6.45, 7) is 5.82. The van der Waals surface area contributed by atoms with Gasteiger partial charge in [0, 0.05) is 13.2 Å². The van der Waals surface area contributed by atoms with Crippen molar-refractivity contribution in [3.05, 3.63) is 0 Å². The summed E-state index contributed by atoms with van der Waals surface area (Å²) in [4.78, 5) is 0. The van der Waals surface area contributed by atoms with Crippen LogP contribution in [-0.4, -0.2) is 55.1 Å². The molecular weight excluding hydrogens is 358 g/mol. The normalized spacial score (nSPS) is 36.2. The molecule has 6 nitrogen and oxygen atoms in total. The molecule has 3 rings (SSSR count). The minimum absolute atomic E-state index is 0.160. The molecular formula is C22H32NO5. The fraction of sp³-hybridized carbons (Fsp3) is 0.818. The van der Waals surface area contributed by atoms with Crippen LogP contribution in [0, 0.1) is 23.7 Å². The Morgan fingerprint density at radius 1 is 0.857 bits per heavy atom. The van der Waals surface area contributed by atoms with E-state index in [4.69, 9.17) is 18.9 Å². The second kappa shape index (κ2) is 10.1. The predicted molar refractivity (Wildman–Crippen MR) is 103 cm³/mol. The van der Waals surface area contributed by atoms with Gasteiger partial charge in [0.25, 0.3) is 0 Å². The number of nitrogens with zero attached hydrogens (tertiary/aromatic N) is 1. The van der Waals surface area contributed by atoms with Gasteiger partial charge in [-0.25, -0.2) is 0 Å². The smallest absolute Gasteiger partial charge is 0.158 e. The summed E-state index contributed by atoms with van der Waals surface area (Å²) in [6.07, 6.45) is 7.29. The zero-order valence-corrected chi connectivity index (χ0v) is 17.1. The van der Waals surface area contributed by atoms with Crippen molar-refractivity contribution in [3.63, 3.8) is 0 Å². The van der Waals surface area contributed by atoms with Crippen LogP contribution in [-0.2, 0) is 24.2 Å². The van der Waals surface area contributed by atoms with Crippen LogP contribution in [0.3, 0.4) is 0 Å². The van der Waals surface area contributed by atoms with E-state index in [1.807, 2.05) is 13.8 Å². The molecule has 0 saturated carbocycles. The summed E-state index contributed by atoms with van der Waals surface area (Å²) in [5.41, 5.74) is -1.49. The molecule has 2 unspecified atom stereocenters. The maximum atomic E-state index is 12.9. The van der Waals surface area contributed by atoms with Crippen LogP contribution in [0.2, 0.25) is 0 Å². The van der Waals surface area contributed by atoms with E-state index in [-0.39, 0.29) is 25.8 Å². The first-order valence-corrected chi connectivity index (χ1v) is 10.5. The van der Waals surface area contributed by atoms with E-state index >= 15 is 0 Å². The predicted octanol–water partition coefficient (Wildman–Crippen LogP) is 3.04. The summed E-state index contributed by atoms with van der Waals surface area (Å²) < 4.78 is 22.3. The van der Waals surface area contributed by atoms with Gasteiger partial charge in [-0.15, -0.1) is 10.3 Å². The Hall–Kier alpha value is -1.12. The average molecular weight is 391 g/mol. The molecule has 0 N–H and O–H groups in total. The van der Waals surface area contributed by atoms with Crippen LogP contribution in [0.4, 0.5) is 0 Å². The first-order valence-electron chi connectivity index (χ1n) is 10.5. The molecule has 0 aromatic rings. The van der Waals surface area contributed by atoms with Crippen molar-refractivity contribution in [1.82, 2.24) is 5.06 Å². The van der Waals surface area contributed by atoms with Gasteiger partial charge < -0.3 is 18.9 Å². The standard InChI is InChI=1S/C22H32NO5/c1-21(11-7-17-27-19-9-3-5-15-25-19)13-14-22(2,23(21)24)12-8-18-28-20-10-4-6-16-26-20/h19-20H,3-6,9-10,13-18H2,1-2H3/t19?,20?,21-,22-/m0/s1. The van der Waals surface area contributed by atoms with Crippen LogP contribution in [0.1, 0.15) is 65.2 Å². The van der Waals surface area contributed by atoms with Crippen molar-refractivity contribution in [3.8, 4) is 23.7 Å². The highest BCUT2D eigenvalue weighted by atomic mass is 16.7. The second-order valence-corrected chi connectivity index (χ2v) is 8.16. The molecule has 3 heterocycles. The summed E-state index contributed by atoms with van der Waals surface area (Å²) in [6, 6.07) is 0. The largest absolute Gasteiger partial charge is 0.353 e. The Kier molecular flexibility index (Phi) is 7.77. The van der Waals surface area contributed by atoms with Crippen molar-refractivity contribution in [2.45, 2.75) is 88.9 Å². The number of hydroxylamine groups is 2. The summed E-state index contributed by atoms with van der Waals surface area (Å²) in [7, 11) is 0. The highest BCUT2D eigenvalue weighted by Gasteiger charge is 2.49. The average Bonchev–Trinajstić information content (AvgIpc) is 2.95. The Balaban J connectivity index is 1.47. The zero-order chi connectivity index (χ0) is 19.9. The number of ether oxygens (including phenoxy) is 4. The molecule has 3 saturated heterocycles. The van der Waals surface area contributed by atoms with Gasteiger partial charge in [-0.3, -0.25) is 0 Å². The fourth-order valence-electron chi connectivity index (χ4n) is 3.87. The third-order valence-electron chi connectivity index (χ3n) is 5.67. The SMILES string of the molecule is C[C@]1(C#CCOC2CCCCO2)CC[C@](C)(C#CCOC2CCCCO2)N1[O]. The molecule has 0 aromatic heterocycles. The van der Waals surface area contributed by atoms with Crippen LogP contribution < -0.4 is 0 Å². The van der Waals surface area contributed by atoms with Crippen molar-refractivity contribution in [2.75, 3.05) is 26.4 Å². The van der Waals surface area contributed by atoms with Crippen LogP contribution in [0.15, 0.2) is 0 Å². The molecule has 6 heteroatoms. The third kappa shape index (κ3) is 5.70. The topological polar surface area (TPSA) is 60.1 Å². The highest BCUT2D eigenvalue weighted by Crippen LogP contribution is 2.39. The quantitative estimate of drug-likeness (QED) is 0.691. The Labute approximate surface area is 168 Å². The van der Waals surface area contributed by atoms with Crippen molar-refractivity contribution >= 4 is 0 Å². The number of hydrogen-bond acceptors (Lipinski definition) is 5. The Morgan fingerprint density at radius 2 is 1.32 bits per heavy atom. The minimum Gasteiger partial charge on any atom is -0.353 e. The molecule has 0 bridgehead atoms. The van der Waals surface area contributed by atoms with Crippen LogP contribution in [0.25, 0.3) is 0 Å². The second-order valence-electron chi connectivity index (χ2n) is 8.16. The van der Waals surface area contributed by atoms with Gasteiger partial charge in [0.05, 0.1) is 0 Å². The lowest BCUT2D eigenvalue weighted by Gasteiger charge is -2.30. The summed E-state index contributed by atoms with van der Waals surface area (Å²) >= 11 is 0. The molecule has 1 radical (unpaired) electrons.